The summed E-state index contributed by atoms with van der Waals surface area (Å²) in [5.74, 6) is -0.401. The third-order valence-electron chi connectivity index (χ3n) is 3.10. The molecule has 0 saturated heterocycles. The van der Waals surface area contributed by atoms with Gasteiger partial charge in [0.1, 0.15) is 0 Å². The Bertz CT molecular complexity index is 880. The highest BCUT2D eigenvalue weighted by molar-refractivity contribution is 9.10. The second-order valence-corrected chi connectivity index (χ2v) is 8.29. The van der Waals surface area contributed by atoms with Crippen molar-refractivity contribution in [2.24, 2.45) is 4.40 Å². The number of nitrogens with one attached hydrogen (secondary N) is 2. The fourth-order valence-electron chi connectivity index (χ4n) is 1.77. The maximum atomic E-state index is 12.3. The number of hydrazine groups is 1. The third kappa shape index (κ3) is 5.58. The monoisotopic (exact) mass is 441 g/mol. The van der Waals surface area contributed by atoms with Crippen LogP contribution in [0, 0.1) is 6.92 Å². The summed E-state index contributed by atoms with van der Waals surface area (Å²) in [7, 11) is -3.86. The van der Waals surface area contributed by atoms with Crippen LogP contribution in [0.15, 0.2) is 62.3 Å². The summed E-state index contributed by atoms with van der Waals surface area (Å²) >= 11 is 4.36. The molecule has 132 valence electrons. The molecule has 25 heavy (non-hydrogen) atoms. The van der Waals surface area contributed by atoms with E-state index in [1.807, 2.05) is 6.92 Å². The van der Waals surface area contributed by atoms with E-state index < -0.39 is 15.9 Å². The van der Waals surface area contributed by atoms with Crippen LogP contribution in [0.25, 0.3) is 0 Å². The summed E-state index contributed by atoms with van der Waals surface area (Å²) in [6.45, 7) is 1.87. The van der Waals surface area contributed by atoms with Gasteiger partial charge in [-0.1, -0.05) is 45.4 Å². The summed E-state index contributed by atoms with van der Waals surface area (Å²) in [4.78, 5) is 12.1. The van der Waals surface area contributed by atoms with Gasteiger partial charge in [0.05, 0.1) is 4.90 Å². The van der Waals surface area contributed by atoms with Crippen LogP contribution >= 0.6 is 27.7 Å². The van der Waals surface area contributed by atoms with E-state index in [1.54, 1.807) is 42.7 Å². The highest BCUT2D eigenvalue weighted by atomic mass is 79.9. The molecule has 6 nitrogen and oxygen atoms in total. The number of hydrogen-bond acceptors (Lipinski definition) is 4. The Kier molecular flexibility index (Phi) is 6.63. The lowest BCUT2D eigenvalue weighted by Gasteiger charge is -2.09. The van der Waals surface area contributed by atoms with E-state index >= 15 is 0 Å². The van der Waals surface area contributed by atoms with E-state index in [0.717, 1.165) is 21.8 Å². The van der Waals surface area contributed by atoms with Gasteiger partial charge < -0.3 is 0 Å². The van der Waals surface area contributed by atoms with Gasteiger partial charge in [0.2, 0.25) is 0 Å². The Balaban J connectivity index is 2.10. The van der Waals surface area contributed by atoms with Gasteiger partial charge in [0.25, 0.3) is 15.9 Å². The van der Waals surface area contributed by atoms with Gasteiger partial charge in [-0.15, -0.1) is 4.40 Å². The molecule has 0 atom stereocenters. The van der Waals surface area contributed by atoms with Crippen LogP contribution in [0.5, 0.6) is 0 Å². The number of sulfonamides is 1. The fraction of sp³-hybridized carbons (Fsp3) is 0.125. The quantitative estimate of drug-likeness (QED) is 0.434. The van der Waals surface area contributed by atoms with Crippen LogP contribution in [0.3, 0.4) is 0 Å². The van der Waals surface area contributed by atoms with Crippen molar-refractivity contribution in [3.8, 4) is 0 Å². The van der Waals surface area contributed by atoms with Crippen LogP contribution < -0.4 is 10.9 Å². The molecule has 2 aromatic rings. The standard InChI is InChI=1S/C16H16BrN3O3S2/c1-11-3-9-14(10-4-11)25(22,23)20-16(24-2)19-18-15(21)12-5-7-13(17)8-6-12/h3-10H,1-2H3,(H,18,21)(H,19,20). The van der Waals surface area contributed by atoms with Crippen molar-refractivity contribution in [3.63, 3.8) is 0 Å². The largest absolute Gasteiger partial charge is 0.284 e. The number of hydrogen-bond donors (Lipinski definition) is 2. The SMILES string of the molecule is CSC(=NS(=O)(=O)c1ccc(C)cc1)NNC(=O)c1ccc(Br)cc1. The molecular formula is C16H16BrN3O3S2. The fourth-order valence-corrected chi connectivity index (χ4v) is 3.63. The lowest BCUT2D eigenvalue weighted by atomic mass is 10.2. The highest BCUT2D eigenvalue weighted by Crippen LogP contribution is 2.14. The van der Waals surface area contributed by atoms with E-state index in [0.29, 0.717) is 5.56 Å². The van der Waals surface area contributed by atoms with Crippen molar-refractivity contribution >= 4 is 48.8 Å². The van der Waals surface area contributed by atoms with Gasteiger partial charge in [-0.25, -0.2) is 0 Å². The zero-order valence-electron chi connectivity index (χ0n) is 13.5. The number of carbonyl (C=O) groups is 1. The van der Waals surface area contributed by atoms with E-state index in [1.165, 1.54) is 12.1 Å². The normalized spacial score (nSPS) is 11.9. The average molecular weight is 442 g/mol. The van der Waals surface area contributed by atoms with Gasteiger partial charge in [0, 0.05) is 10.0 Å². The van der Waals surface area contributed by atoms with E-state index in [-0.39, 0.29) is 10.1 Å². The molecule has 0 fully saturated rings. The number of rotatable bonds is 3. The molecule has 0 aliphatic carbocycles. The topological polar surface area (TPSA) is 87.6 Å². The summed E-state index contributed by atoms with van der Waals surface area (Å²) in [6.07, 6.45) is 1.66. The number of benzene rings is 2. The van der Waals surface area contributed by atoms with E-state index in [9.17, 15) is 13.2 Å². The smallest absolute Gasteiger partial charge is 0.275 e. The average Bonchev–Trinajstić information content (AvgIpc) is 2.59. The summed E-state index contributed by atoms with van der Waals surface area (Å²) < 4.78 is 29.2. The zero-order chi connectivity index (χ0) is 18.4. The third-order valence-corrected chi connectivity index (χ3v) is 5.62. The van der Waals surface area contributed by atoms with Crippen molar-refractivity contribution in [1.29, 1.82) is 0 Å². The second kappa shape index (κ2) is 8.50. The van der Waals surface area contributed by atoms with Crippen LogP contribution in [-0.2, 0) is 10.0 Å². The molecule has 2 rings (SSSR count). The van der Waals surface area contributed by atoms with Crippen LogP contribution in [0.4, 0.5) is 0 Å². The molecule has 0 radical (unpaired) electrons. The van der Waals surface area contributed by atoms with Crippen molar-refractivity contribution < 1.29 is 13.2 Å². The predicted octanol–water partition coefficient (Wildman–Crippen LogP) is 3.10. The first-order valence-corrected chi connectivity index (χ1v) is 10.5. The molecule has 0 spiro atoms. The van der Waals surface area contributed by atoms with Crippen LogP contribution in [-0.4, -0.2) is 25.7 Å². The minimum atomic E-state index is -3.86. The van der Waals surface area contributed by atoms with Crippen LogP contribution in [0.2, 0.25) is 0 Å². The molecule has 0 saturated carbocycles. The lowest BCUT2D eigenvalue weighted by molar-refractivity contribution is 0.0944. The summed E-state index contributed by atoms with van der Waals surface area (Å²) in [6, 6.07) is 13.1. The Morgan fingerprint density at radius 2 is 1.64 bits per heavy atom. The summed E-state index contributed by atoms with van der Waals surface area (Å²) in [5, 5.41) is 0.0611. The molecule has 2 N–H and O–H groups in total. The van der Waals surface area contributed by atoms with Crippen molar-refractivity contribution in [3.05, 3.63) is 64.1 Å². The molecule has 0 heterocycles. The molecular weight excluding hydrogens is 426 g/mol. The van der Waals surface area contributed by atoms with Crippen molar-refractivity contribution in [1.82, 2.24) is 10.9 Å². The maximum Gasteiger partial charge on any atom is 0.284 e. The number of amides is 1. The molecule has 0 aliphatic rings. The van der Waals surface area contributed by atoms with Crippen LogP contribution in [0.1, 0.15) is 15.9 Å². The number of amidine groups is 1. The minimum Gasteiger partial charge on any atom is -0.275 e. The first kappa shape index (κ1) is 19.5. The highest BCUT2D eigenvalue weighted by Gasteiger charge is 2.14. The molecule has 0 aliphatic heterocycles. The van der Waals surface area contributed by atoms with E-state index in [2.05, 4.69) is 31.2 Å². The maximum absolute atomic E-state index is 12.3. The lowest BCUT2D eigenvalue weighted by Crippen LogP contribution is -2.40. The van der Waals surface area contributed by atoms with Crippen molar-refractivity contribution in [2.75, 3.05) is 6.26 Å². The van der Waals surface area contributed by atoms with Gasteiger partial charge in [-0.2, -0.15) is 8.42 Å². The molecule has 0 bridgehead atoms. The number of thioether (sulfide) groups is 1. The molecule has 0 unspecified atom stereocenters. The molecule has 1 amide bonds. The Morgan fingerprint density at radius 3 is 2.20 bits per heavy atom. The number of carbonyl (C=O) groups excluding carboxylic acids is 1. The first-order chi connectivity index (χ1) is 11.8. The minimum absolute atomic E-state index is 0.0611. The Hall–Kier alpha value is -1.84. The Morgan fingerprint density at radius 1 is 1.04 bits per heavy atom. The first-order valence-electron chi connectivity index (χ1n) is 7.09. The summed E-state index contributed by atoms with van der Waals surface area (Å²) in [5.41, 5.74) is 6.35. The Labute approximate surface area is 159 Å². The number of nitrogens with zero attached hydrogens (tertiary/aromatic N) is 1. The molecule has 9 heteroatoms. The van der Waals surface area contributed by atoms with E-state index in [4.69, 9.17) is 0 Å². The van der Waals surface area contributed by atoms with Gasteiger partial charge in [-0.05, 0) is 49.6 Å². The van der Waals surface area contributed by atoms with Gasteiger partial charge >= 0.3 is 0 Å². The van der Waals surface area contributed by atoms with Gasteiger partial charge in [-0.3, -0.25) is 15.6 Å². The van der Waals surface area contributed by atoms with Crippen molar-refractivity contribution in [2.45, 2.75) is 11.8 Å². The molecule has 0 aromatic heterocycles. The predicted molar refractivity (Wildman–Crippen MR) is 104 cm³/mol. The van der Waals surface area contributed by atoms with Gasteiger partial charge in [0.15, 0.2) is 5.17 Å². The molecule has 2 aromatic carbocycles. The number of aryl methyl sites for hydroxylation is 1. The zero-order valence-corrected chi connectivity index (χ0v) is 16.7. The second-order valence-electron chi connectivity index (χ2n) is 4.97. The number of halogens is 1.